The minimum absolute atomic E-state index is 0.109. The van der Waals surface area contributed by atoms with E-state index in [0.29, 0.717) is 11.1 Å². The predicted octanol–water partition coefficient (Wildman–Crippen LogP) is 1.23. The van der Waals surface area contributed by atoms with E-state index in [2.05, 4.69) is 10.5 Å². The molecular weight excluding hydrogens is 263 g/mol. The van der Waals surface area contributed by atoms with E-state index in [9.17, 15) is 9.18 Å². The zero-order valence-corrected chi connectivity index (χ0v) is 11.0. The Balaban J connectivity index is 1.97. The zero-order valence-electron chi connectivity index (χ0n) is 11.0. The van der Waals surface area contributed by atoms with Crippen LogP contribution in [0.3, 0.4) is 0 Å². The van der Waals surface area contributed by atoms with Gasteiger partial charge in [-0.05, 0) is 18.9 Å². The molecule has 1 aliphatic heterocycles. The van der Waals surface area contributed by atoms with E-state index in [1.165, 1.54) is 18.2 Å². The molecule has 0 aromatic heterocycles. The number of amidine groups is 1. The second-order valence-corrected chi connectivity index (χ2v) is 4.64. The van der Waals surface area contributed by atoms with Crippen LogP contribution < -0.4 is 11.1 Å². The predicted molar refractivity (Wildman–Crippen MR) is 72.0 cm³/mol. The lowest BCUT2D eigenvalue weighted by Crippen LogP contribution is -2.37. The van der Waals surface area contributed by atoms with E-state index in [1.807, 2.05) is 0 Å². The standard InChI is InChI=1S/C13H17FN4O2/c14-11-7-9(12(15)17-20)3-4-10(11)8-16-13(19)18-5-1-2-6-18/h3-4,7,20H,1-2,5-6,8H2,(H2,15,17)(H,16,19). The molecule has 1 aromatic rings. The molecule has 20 heavy (non-hydrogen) atoms. The Morgan fingerprint density at radius 1 is 1.45 bits per heavy atom. The smallest absolute Gasteiger partial charge is 0.317 e. The van der Waals surface area contributed by atoms with Crippen molar-refractivity contribution in [2.24, 2.45) is 10.9 Å². The molecule has 0 spiro atoms. The molecule has 0 atom stereocenters. The molecule has 7 heteroatoms. The number of hydrogen-bond acceptors (Lipinski definition) is 3. The largest absolute Gasteiger partial charge is 0.409 e. The van der Waals surface area contributed by atoms with Crippen molar-refractivity contribution in [2.45, 2.75) is 19.4 Å². The molecule has 0 unspecified atom stereocenters. The topological polar surface area (TPSA) is 91.0 Å². The van der Waals surface area contributed by atoms with Crippen LogP contribution in [-0.2, 0) is 6.54 Å². The highest BCUT2D eigenvalue weighted by Gasteiger charge is 2.17. The van der Waals surface area contributed by atoms with Crippen molar-refractivity contribution in [3.8, 4) is 0 Å². The minimum atomic E-state index is -0.504. The summed E-state index contributed by atoms with van der Waals surface area (Å²) in [6.07, 6.45) is 2.02. The van der Waals surface area contributed by atoms with Gasteiger partial charge in [-0.15, -0.1) is 0 Å². The van der Waals surface area contributed by atoms with Crippen molar-refractivity contribution >= 4 is 11.9 Å². The van der Waals surface area contributed by atoms with Crippen molar-refractivity contribution in [1.82, 2.24) is 10.2 Å². The summed E-state index contributed by atoms with van der Waals surface area (Å²) < 4.78 is 13.8. The summed E-state index contributed by atoms with van der Waals surface area (Å²) in [6.45, 7) is 1.60. The van der Waals surface area contributed by atoms with Gasteiger partial charge in [0.15, 0.2) is 5.84 Å². The van der Waals surface area contributed by atoms with Crippen molar-refractivity contribution in [2.75, 3.05) is 13.1 Å². The SMILES string of the molecule is NC(=NO)c1ccc(CNC(=O)N2CCCC2)c(F)c1. The zero-order chi connectivity index (χ0) is 14.5. The molecule has 6 nitrogen and oxygen atoms in total. The van der Waals surface area contributed by atoms with Crippen LogP contribution in [0.15, 0.2) is 23.4 Å². The van der Waals surface area contributed by atoms with Gasteiger partial charge in [-0.3, -0.25) is 0 Å². The maximum Gasteiger partial charge on any atom is 0.317 e. The van der Waals surface area contributed by atoms with Crippen LogP contribution in [0.2, 0.25) is 0 Å². The molecule has 1 aromatic carbocycles. The molecule has 108 valence electrons. The van der Waals surface area contributed by atoms with Gasteiger partial charge in [0.2, 0.25) is 0 Å². The number of carbonyl (C=O) groups is 1. The van der Waals surface area contributed by atoms with E-state index in [-0.39, 0.29) is 18.4 Å². The van der Waals surface area contributed by atoms with Gasteiger partial charge in [0.1, 0.15) is 5.82 Å². The first-order chi connectivity index (χ1) is 9.61. The molecular formula is C13H17FN4O2. The fraction of sp³-hybridized carbons (Fsp3) is 0.385. The maximum atomic E-state index is 13.8. The first kappa shape index (κ1) is 14.1. The fourth-order valence-electron chi connectivity index (χ4n) is 2.11. The molecule has 1 heterocycles. The van der Waals surface area contributed by atoms with E-state index in [4.69, 9.17) is 10.9 Å². The third-order valence-corrected chi connectivity index (χ3v) is 3.28. The first-order valence-electron chi connectivity index (χ1n) is 6.41. The van der Waals surface area contributed by atoms with E-state index >= 15 is 0 Å². The highest BCUT2D eigenvalue weighted by molar-refractivity contribution is 5.97. The number of nitrogens with zero attached hydrogens (tertiary/aromatic N) is 2. The number of oxime groups is 1. The number of urea groups is 1. The summed E-state index contributed by atoms with van der Waals surface area (Å²) in [5.74, 6) is -0.660. The van der Waals surface area contributed by atoms with Crippen LogP contribution >= 0.6 is 0 Å². The van der Waals surface area contributed by atoms with Gasteiger partial charge < -0.3 is 21.2 Å². The van der Waals surface area contributed by atoms with Crippen LogP contribution in [-0.4, -0.2) is 35.1 Å². The number of carbonyl (C=O) groups excluding carboxylic acids is 1. The van der Waals surface area contributed by atoms with E-state index in [1.54, 1.807) is 4.90 Å². The summed E-state index contributed by atoms with van der Waals surface area (Å²) in [7, 11) is 0. The van der Waals surface area contributed by atoms with Gasteiger partial charge >= 0.3 is 6.03 Å². The molecule has 1 aliphatic rings. The van der Waals surface area contributed by atoms with Crippen LogP contribution in [0, 0.1) is 5.82 Å². The van der Waals surface area contributed by atoms with Gasteiger partial charge in [-0.1, -0.05) is 17.3 Å². The van der Waals surface area contributed by atoms with Gasteiger partial charge in [0.25, 0.3) is 0 Å². The number of likely N-dealkylation sites (tertiary alicyclic amines) is 1. The quantitative estimate of drug-likeness (QED) is 0.336. The third kappa shape index (κ3) is 3.17. The van der Waals surface area contributed by atoms with Crippen molar-refractivity contribution in [3.63, 3.8) is 0 Å². The molecule has 2 amide bonds. The Bertz CT molecular complexity index is 527. The van der Waals surface area contributed by atoms with Gasteiger partial charge in [0.05, 0.1) is 0 Å². The lowest BCUT2D eigenvalue weighted by molar-refractivity contribution is 0.208. The number of nitrogens with one attached hydrogen (secondary N) is 1. The van der Waals surface area contributed by atoms with Crippen LogP contribution in [0.5, 0.6) is 0 Å². The molecule has 0 radical (unpaired) electrons. The number of nitrogens with two attached hydrogens (primary N) is 1. The normalized spacial score (nSPS) is 15.4. The Morgan fingerprint density at radius 2 is 2.15 bits per heavy atom. The van der Waals surface area contributed by atoms with Crippen molar-refractivity contribution in [3.05, 3.63) is 35.1 Å². The lowest BCUT2D eigenvalue weighted by atomic mass is 10.1. The maximum absolute atomic E-state index is 13.8. The lowest BCUT2D eigenvalue weighted by Gasteiger charge is -2.16. The summed E-state index contributed by atoms with van der Waals surface area (Å²) in [6, 6.07) is 4.04. The highest BCUT2D eigenvalue weighted by atomic mass is 19.1. The Labute approximate surface area is 116 Å². The average Bonchev–Trinajstić information content (AvgIpc) is 2.99. The number of amides is 2. The van der Waals surface area contributed by atoms with Gasteiger partial charge in [-0.25, -0.2) is 9.18 Å². The number of halogens is 1. The first-order valence-corrected chi connectivity index (χ1v) is 6.41. The summed E-state index contributed by atoms with van der Waals surface area (Å²) in [5.41, 5.74) is 6.02. The molecule has 1 fully saturated rings. The number of benzene rings is 1. The second kappa shape index (κ2) is 6.23. The third-order valence-electron chi connectivity index (χ3n) is 3.28. The molecule has 4 N–H and O–H groups in total. The molecule has 1 saturated heterocycles. The summed E-state index contributed by atoms with van der Waals surface area (Å²) in [4.78, 5) is 13.5. The number of rotatable bonds is 3. The summed E-state index contributed by atoms with van der Waals surface area (Å²) >= 11 is 0. The highest BCUT2D eigenvalue weighted by Crippen LogP contribution is 2.11. The minimum Gasteiger partial charge on any atom is -0.409 e. The van der Waals surface area contributed by atoms with Gasteiger partial charge in [0, 0.05) is 30.8 Å². The Hall–Kier alpha value is -2.31. The average molecular weight is 280 g/mol. The molecule has 0 saturated carbocycles. The van der Waals surface area contributed by atoms with Crippen molar-refractivity contribution < 1.29 is 14.4 Å². The van der Waals surface area contributed by atoms with Crippen molar-refractivity contribution in [1.29, 1.82) is 0 Å². The summed E-state index contributed by atoms with van der Waals surface area (Å²) in [5, 5.41) is 14.0. The van der Waals surface area contributed by atoms with Gasteiger partial charge in [-0.2, -0.15) is 0 Å². The van der Waals surface area contributed by atoms with E-state index < -0.39 is 5.82 Å². The second-order valence-electron chi connectivity index (χ2n) is 4.64. The fourth-order valence-corrected chi connectivity index (χ4v) is 2.11. The molecule has 0 bridgehead atoms. The molecule has 0 aliphatic carbocycles. The Morgan fingerprint density at radius 3 is 2.75 bits per heavy atom. The number of hydrogen-bond donors (Lipinski definition) is 3. The molecule has 2 rings (SSSR count). The monoisotopic (exact) mass is 280 g/mol. The van der Waals surface area contributed by atoms with Crippen LogP contribution in [0.25, 0.3) is 0 Å². The van der Waals surface area contributed by atoms with Crippen LogP contribution in [0.1, 0.15) is 24.0 Å². The van der Waals surface area contributed by atoms with E-state index in [0.717, 1.165) is 25.9 Å². The Kier molecular flexibility index (Phi) is 4.39. The van der Waals surface area contributed by atoms with Crippen LogP contribution in [0.4, 0.5) is 9.18 Å².